The van der Waals surface area contributed by atoms with E-state index >= 15 is 0 Å². The molecule has 2 heterocycles. The second-order valence-electron chi connectivity index (χ2n) is 6.29. The molecule has 0 aliphatic carbocycles. The number of hydrogen-bond donors (Lipinski definition) is 1. The minimum atomic E-state index is -0.615. The summed E-state index contributed by atoms with van der Waals surface area (Å²) in [6, 6.07) is 10.1. The van der Waals surface area contributed by atoms with E-state index in [4.69, 9.17) is 14.6 Å². The molecule has 1 aromatic rings. The van der Waals surface area contributed by atoms with Crippen LogP contribution in [0.1, 0.15) is 25.3 Å². The minimum absolute atomic E-state index is 0.128. The van der Waals surface area contributed by atoms with Crippen molar-refractivity contribution in [1.82, 2.24) is 4.90 Å². The maximum Gasteiger partial charge on any atom is 0.192 e. The summed E-state index contributed by atoms with van der Waals surface area (Å²) >= 11 is 0. The number of hydrogen-bond acceptors (Lipinski definition) is 4. The van der Waals surface area contributed by atoms with Crippen molar-refractivity contribution in [2.45, 2.75) is 31.7 Å². The summed E-state index contributed by atoms with van der Waals surface area (Å²) in [4.78, 5) is 2.44. The molecule has 0 spiro atoms. The average Bonchev–Trinajstić information content (AvgIpc) is 3.09. The Morgan fingerprint density at radius 3 is 2.90 bits per heavy atom. The minimum Gasteiger partial charge on any atom is -0.396 e. The van der Waals surface area contributed by atoms with Gasteiger partial charge in [-0.3, -0.25) is 0 Å². The first-order valence-corrected chi connectivity index (χ1v) is 7.90. The van der Waals surface area contributed by atoms with Crippen LogP contribution >= 0.6 is 0 Å². The Morgan fingerprint density at radius 1 is 1.33 bits per heavy atom. The van der Waals surface area contributed by atoms with E-state index in [0.29, 0.717) is 19.1 Å². The molecule has 2 aliphatic rings. The maximum absolute atomic E-state index is 9.03. The Hall–Kier alpha value is -0.940. The smallest absolute Gasteiger partial charge is 0.192 e. The van der Waals surface area contributed by atoms with Gasteiger partial charge < -0.3 is 19.5 Å². The van der Waals surface area contributed by atoms with Crippen LogP contribution in [0.2, 0.25) is 0 Å². The Kier molecular flexibility index (Phi) is 4.60. The van der Waals surface area contributed by atoms with Crippen molar-refractivity contribution in [2.75, 3.05) is 32.8 Å². The van der Waals surface area contributed by atoms with Crippen molar-refractivity contribution in [3.63, 3.8) is 0 Å². The molecule has 1 aromatic carbocycles. The first kappa shape index (κ1) is 15.0. The number of benzene rings is 1. The zero-order chi connectivity index (χ0) is 14.7. The fourth-order valence-electron chi connectivity index (χ4n) is 3.41. The van der Waals surface area contributed by atoms with Crippen LogP contribution in [-0.4, -0.2) is 49.0 Å². The molecule has 0 saturated carbocycles. The van der Waals surface area contributed by atoms with E-state index in [2.05, 4.69) is 17.0 Å². The summed E-state index contributed by atoms with van der Waals surface area (Å²) in [6.45, 7) is 6.04. The topological polar surface area (TPSA) is 41.9 Å². The van der Waals surface area contributed by atoms with E-state index < -0.39 is 5.79 Å². The van der Waals surface area contributed by atoms with Crippen molar-refractivity contribution >= 4 is 0 Å². The van der Waals surface area contributed by atoms with Crippen LogP contribution in [0.25, 0.3) is 0 Å². The van der Waals surface area contributed by atoms with Crippen LogP contribution in [0.3, 0.4) is 0 Å². The highest BCUT2D eigenvalue weighted by molar-refractivity contribution is 5.20. The third-order valence-corrected chi connectivity index (χ3v) is 4.60. The van der Waals surface area contributed by atoms with E-state index in [0.717, 1.165) is 31.6 Å². The molecule has 0 radical (unpaired) electrons. The SMILES string of the molecule is CC1(c2ccccc2)OCC(CN2CCC(CCO)C2)O1. The van der Waals surface area contributed by atoms with Crippen LogP contribution in [0.5, 0.6) is 0 Å². The molecule has 116 valence electrons. The zero-order valence-electron chi connectivity index (χ0n) is 12.7. The molecule has 1 N–H and O–H groups in total. The lowest BCUT2D eigenvalue weighted by Gasteiger charge is -2.25. The summed E-state index contributed by atoms with van der Waals surface area (Å²) < 4.78 is 12.1. The van der Waals surface area contributed by atoms with Gasteiger partial charge in [0.15, 0.2) is 5.79 Å². The number of aliphatic hydroxyl groups excluding tert-OH is 1. The van der Waals surface area contributed by atoms with Gasteiger partial charge in [-0.1, -0.05) is 30.3 Å². The van der Waals surface area contributed by atoms with E-state index in [1.807, 2.05) is 25.1 Å². The highest BCUT2D eigenvalue weighted by Gasteiger charge is 2.39. The van der Waals surface area contributed by atoms with Gasteiger partial charge in [0, 0.05) is 25.3 Å². The van der Waals surface area contributed by atoms with Crippen molar-refractivity contribution in [3.05, 3.63) is 35.9 Å². The van der Waals surface area contributed by atoms with Crippen LogP contribution in [0.4, 0.5) is 0 Å². The summed E-state index contributed by atoms with van der Waals surface area (Å²) in [5.41, 5.74) is 1.08. The molecule has 3 unspecified atom stereocenters. The number of aliphatic hydroxyl groups is 1. The Morgan fingerprint density at radius 2 is 2.14 bits per heavy atom. The molecule has 21 heavy (non-hydrogen) atoms. The van der Waals surface area contributed by atoms with E-state index in [1.165, 1.54) is 6.42 Å². The standard InChI is InChI=1S/C17H25NO3/c1-17(15-5-3-2-4-6-15)20-13-16(21-17)12-18-9-7-14(11-18)8-10-19/h2-6,14,16,19H,7-13H2,1H3. The third kappa shape index (κ3) is 3.46. The molecule has 2 fully saturated rings. The van der Waals surface area contributed by atoms with Gasteiger partial charge in [0.1, 0.15) is 0 Å². The Bertz CT molecular complexity index is 453. The van der Waals surface area contributed by atoms with Crippen LogP contribution < -0.4 is 0 Å². The molecule has 0 aromatic heterocycles. The van der Waals surface area contributed by atoms with Crippen LogP contribution in [0, 0.1) is 5.92 Å². The normalized spacial score (nSPS) is 33.6. The first-order chi connectivity index (χ1) is 10.2. The van der Waals surface area contributed by atoms with Gasteiger partial charge >= 0.3 is 0 Å². The number of nitrogens with zero attached hydrogens (tertiary/aromatic N) is 1. The fourth-order valence-corrected chi connectivity index (χ4v) is 3.41. The predicted octanol–water partition coefficient (Wildman–Crippen LogP) is 1.98. The molecule has 3 atom stereocenters. The fraction of sp³-hybridized carbons (Fsp3) is 0.647. The summed E-state index contributed by atoms with van der Waals surface area (Å²) in [5.74, 6) is 0.0219. The molecule has 3 rings (SSSR count). The molecular weight excluding hydrogens is 266 g/mol. The second-order valence-corrected chi connectivity index (χ2v) is 6.29. The zero-order valence-corrected chi connectivity index (χ0v) is 12.7. The molecule has 4 heteroatoms. The van der Waals surface area contributed by atoms with Crippen LogP contribution in [0.15, 0.2) is 30.3 Å². The summed E-state index contributed by atoms with van der Waals surface area (Å²) in [5, 5.41) is 9.03. The van der Waals surface area contributed by atoms with Gasteiger partial charge in [0.2, 0.25) is 0 Å². The lowest BCUT2D eigenvalue weighted by Crippen LogP contribution is -2.33. The monoisotopic (exact) mass is 291 g/mol. The molecule has 0 bridgehead atoms. The number of likely N-dealkylation sites (tertiary alicyclic amines) is 1. The van der Waals surface area contributed by atoms with E-state index in [-0.39, 0.29) is 6.10 Å². The van der Waals surface area contributed by atoms with Gasteiger partial charge in [-0.2, -0.15) is 0 Å². The molecule has 4 nitrogen and oxygen atoms in total. The molecule has 2 aliphatic heterocycles. The predicted molar refractivity (Wildman–Crippen MR) is 80.9 cm³/mol. The van der Waals surface area contributed by atoms with Gasteiger partial charge in [-0.05, 0) is 32.2 Å². The van der Waals surface area contributed by atoms with Gasteiger partial charge in [-0.25, -0.2) is 0 Å². The van der Waals surface area contributed by atoms with Crippen molar-refractivity contribution in [2.24, 2.45) is 5.92 Å². The van der Waals surface area contributed by atoms with Gasteiger partial charge in [-0.15, -0.1) is 0 Å². The van der Waals surface area contributed by atoms with Crippen molar-refractivity contribution < 1.29 is 14.6 Å². The van der Waals surface area contributed by atoms with E-state index in [9.17, 15) is 0 Å². The Labute approximate surface area is 126 Å². The second kappa shape index (κ2) is 6.44. The van der Waals surface area contributed by atoms with Gasteiger partial charge in [0.25, 0.3) is 0 Å². The van der Waals surface area contributed by atoms with E-state index in [1.54, 1.807) is 0 Å². The average molecular weight is 291 g/mol. The molecule has 2 saturated heterocycles. The first-order valence-electron chi connectivity index (χ1n) is 7.90. The highest BCUT2D eigenvalue weighted by atomic mass is 16.7. The maximum atomic E-state index is 9.03. The van der Waals surface area contributed by atoms with Crippen molar-refractivity contribution in [1.29, 1.82) is 0 Å². The third-order valence-electron chi connectivity index (χ3n) is 4.60. The largest absolute Gasteiger partial charge is 0.396 e. The van der Waals surface area contributed by atoms with Gasteiger partial charge in [0.05, 0.1) is 12.7 Å². The van der Waals surface area contributed by atoms with Crippen LogP contribution in [-0.2, 0) is 15.3 Å². The number of rotatable bonds is 5. The van der Waals surface area contributed by atoms with Crippen molar-refractivity contribution in [3.8, 4) is 0 Å². The summed E-state index contributed by atoms with van der Waals surface area (Å²) in [7, 11) is 0. The molecular formula is C17H25NO3. The lowest BCUT2D eigenvalue weighted by atomic mass is 10.1. The lowest BCUT2D eigenvalue weighted by molar-refractivity contribution is -0.163. The summed E-state index contributed by atoms with van der Waals surface area (Å²) in [6.07, 6.45) is 2.23. The number of ether oxygens (including phenoxy) is 2. The highest BCUT2D eigenvalue weighted by Crippen LogP contribution is 2.34. The quantitative estimate of drug-likeness (QED) is 0.901. The Balaban J connectivity index is 1.53. The molecule has 0 amide bonds.